The topological polar surface area (TPSA) is 74.8 Å². The van der Waals surface area contributed by atoms with Crippen LogP contribution < -0.4 is 10.9 Å². The second kappa shape index (κ2) is 7.68. The molecule has 0 aliphatic carbocycles. The predicted octanol–water partition coefficient (Wildman–Crippen LogP) is 3.59. The lowest BCUT2D eigenvalue weighted by Crippen LogP contribution is -2.27. The average Bonchev–Trinajstić information content (AvgIpc) is 2.62. The molecule has 7 heteroatoms. The summed E-state index contributed by atoms with van der Waals surface area (Å²) < 4.78 is 0. The molecule has 128 valence electrons. The second-order valence-electron chi connectivity index (χ2n) is 5.55. The smallest absolute Gasteiger partial charge is 0.272 e. The molecule has 0 aliphatic rings. The average molecular weight is 376 g/mol. The molecule has 0 unspecified atom stereocenters. The van der Waals surface area contributed by atoms with Gasteiger partial charge in [-0.05, 0) is 36.6 Å². The van der Waals surface area contributed by atoms with Crippen LogP contribution in [0.5, 0.6) is 0 Å². The van der Waals surface area contributed by atoms with Gasteiger partial charge in [0.15, 0.2) is 5.69 Å². The zero-order valence-electron chi connectivity index (χ0n) is 13.2. The van der Waals surface area contributed by atoms with Crippen LogP contribution in [0.2, 0.25) is 10.0 Å². The van der Waals surface area contributed by atoms with E-state index in [9.17, 15) is 9.59 Å². The first-order chi connectivity index (χ1) is 12.1. The molecule has 0 spiro atoms. The minimum atomic E-state index is -0.318. The molecule has 25 heavy (non-hydrogen) atoms. The molecule has 0 fully saturated rings. The van der Waals surface area contributed by atoms with Crippen LogP contribution in [0.15, 0.2) is 47.3 Å². The molecular formula is C18H15Cl2N3O2. The Hall–Kier alpha value is -2.37. The summed E-state index contributed by atoms with van der Waals surface area (Å²) >= 11 is 11.9. The molecule has 0 radical (unpaired) electrons. The first-order valence-corrected chi connectivity index (χ1v) is 8.51. The summed E-state index contributed by atoms with van der Waals surface area (Å²) in [6, 6.07) is 12.4. The third-order valence-electron chi connectivity index (χ3n) is 3.82. The van der Waals surface area contributed by atoms with Crippen LogP contribution in [0, 0.1) is 0 Å². The van der Waals surface area contributed by atoms with Crippen LogP contribution in [-0.2, 0) is 6.42 Å². The minimum Gasteiger partial charge on any atom is -0.351 e. The summed E-state index contributed by atoms with van der Waals surface area (Å²) in [6.07, 6.45) is 1.50. The van der Waals surface area contributed by atoms with Crippen molar-refractivity contribution in [1.29, 1.82) is 0 Å². The van der Waals surface area contributed by atoms with Gasteiger partial charge in [-0.25, -0.2) is 5.10 Å². The van der Waals surface area contributed by atoms with Crippen LogP contribution in [0.3, 0.4) is 0 Å². The maximum absolute atomic E-state index is 12.3. The molecular weight excluding hydrogens is 361 g/mol. The quantitative estimate of drug-likeness (QED) is 0.669. The first-order valence-electron chi connectivity index (χ1n) is 7.76. The molecule has 0 atom stereocenters. The summed E-state index contributed by atoms with van der Waals surface area (Å²) in [6.45, 7) is 0.480. The number of rotatable bonds is 5. The molecule has 5 nitrogen and oxygen atoms in total. The molecule has 3 aromatic rings. The first kappa shape index (κ1) is 17.5. The number of aromatic nitrogens is 2. The lowest BCUT2D eigenvalue weighted by Gasteiger charge is -2.07. The van der Waals surface area contributed by atoms with Crippen molar-refractivity contribution in [2.45, 2.75) is 12.8 Å². The van der Waals surface area contributed by atoms with E-state index in [0.717, 1.165) is 18.4 Å². The monoisotopic (exact) mass is 375 g/mol. The number of fused-ring (bicyclic) bond motifs is 1. The number of amides is 1. The van der Waals surface area contributed by atoms with Gasteiger partial charge in [0.1, 0.15) is 0 Å². The van der Waals surface area contributed by atoms with Gasteiger partial charge >= 0.3 is 0 Å². The number of aromatic amines is 1. The summed E-state index contributed by atoms with van der Waals surface area (Å²) in [4.78, 5) is 24.1. The molecule has 2 N–H and O–H groups in total. The highest BCUT2D eigenvalue weighted by molar-refractivity contribution is 6.42. The highest BCUT2D eigenvalue weighted by atomic mass is 35.5. The van der Waals surface area contributed by atoms with E-state index in [1.165, 1.54) is 0 Å². The highest BCUT2D eigenvalue weighted by Crippen LogP contribution is 2.23. The van der Waals surface area contributed by atoms with E-state index in [0.29, 0.717) is 27.4 Å². The minimum absolute atomic E-state index is 0.213. The van der Waals surface area contributed by atoms with Crippen LogP contribution in [0.4, 0.5) is 0 Å². The Morgan fingerprint density at radius 1 is 1.08 bits per heavy atom. The fraction of sp³-hybridized carbons (Fsp3) is 0.167. The van der Waals surface area contributed by atoms with Gasteiger partial charge in [-0.15, -0.1) is 0 Å². The van der Waals surface area contributed by atoms with Crippen LogP contribution in [0.25, 0.3) is 10.8 Å². The van der Waals surface area contributed by atoms with Crippen molar-refractivity contribution < 1.29 is 4.79 Å². The summed E-state index contributed by atoms with van der Waals surface area (Å²) in [7, 11) is 0. The predicted molar refractivity (Wildman–Crippen MR) is 99.5 cm³/mol. The van der Waals surface area contributed by atoms with Crippen molar-refractivity contribution >= 4 is 39.9 Å². The third-order valence-corrected chi connectivity index (χ3v) is 4.56. The zero-order valence-corrected chi connectivity index (χ0v) is 14.7. The van der Waals surface area contributed by atoms with E-state index >= 15 is 0 Å². The Labute approximate surface area is 154 Å². The number of hydrogen-bond acceptors (Lipinski definition) is 3. The normalized spacial score (nSPS) is 10.8. The summed E-state index contributed by atoms with van der Waals surface area (Å²) in [5.41, 5.74) is 0.952. The Morgan fingerprint density at radius 2 is 1.84 bits per heavy atom. The van der Waals surface area contributed by atoms with Crippen molar-refractivity contribution in [2.75, 3.05) is 6.54 Å². The van der Waals surface area contributed by atoms with Crippen molar-refractivity contribution in [3.63, 3.8) is 0 Å². The number of aryl methyl sites for hydroxylation is 1. The molecule has 0 bridgehead atoms. The standard InChI is InChI=1S/C18H15Cl2N3O2/c19-14-8-7-11(10-15(14)20)4-3-9-21-18(25)16-12-5-1-2-6-13(12)17(24)23-22-16/h1-2,5-8,10H,3-4,9H2,(H,21,25)(H,23,24). The Morgan fingerprint density at radius 3 is 2.60 bits per heavy atom. The molecule has 1 heterocycles. The van der Waals surface area contributed by atoms with Crippen molar-refractivity contribution in [2.24, 2.45) is 0 Å². The molecule has 3 rings (SSSR count). The van der Waals surface area contributed by atoms with Gasteiger partial charge in [-0.1, -0.05) is 47.5 Å². The van der Waals surface area contributed by atoms with Crippen LogP contribution in [0.1, 0.15) is 22.5 Å². The molecule has 1 aromatic heterocycles. The maximum Gasteiger partial charge on any atom is 0.272 e. The third kappa shape index (κ3) is 4.00. The van der Waals surface area contributed by atoms with E-state index in [1.807, 2.05) is 12.1 Å². The number of halogens is 2. The lowest BCUT2D eigenvalue weighted by atomic mass is 10.1. The number of nitrogens with zero attached hydrogens (tertiary/aromatic N) is 1. The van der Waals surface area contributed by atoms with Gasteiger partial charge in [0.25, 0.3) is 11.5 Å². The van der Waals surface area contributed by atoms with E-state index in [1.54, 1.807) is 30.3 Å². The largest absolute Gasteiger partial charge is 0.351 e. The maximum atomic E-state index is 12.3. The van der Waals surface area contributed by atoms with Gasteiger partial charge in [-0.2, -0.15) is 5.10 Å². The highest BCUT2D eigenvalue weighted by Gasteiger charge is 2.13. The summed E-state index contributed by atoms with van der Waals surface area (Å²) in [5, 5.41) is 11.1. The van der Waals surface area contributed by atoms with Crippen molar-refractivity contribution in [1.82, 2.24) is 15.5 Å². The van der Waals surface area contributed by atoms with Gasteiger partial charge in [0.05, 0.1) is 15.4 Å². The SMILES string of the molecule is O=C(NCCCc1ccc(Cl)c(Cl)c1)c1n[nH]c(=O)c2ccccc12. The van der Waals surface area contributed by atoms with E-state index < -0.39 is 0 Å². The molecule has 0 saturated heterocycles. The van der Waals surface area contributed by atoms with Crippen LogP contribution in [-0.4, -0.2) is 22.6 Å². The van der Waals surface area contributed by atoms with Gasteiger partial charge < -0.3 is 5.32 Å². The number of benzene rings is 2. The van der Waals surface area contributed by atoms with Crippen LogP contribution >= 0.6 is 23.2 Å². The lowest BCUT2D eigenvalue weighted by molar-refractivity contribution is 0.0949. The zero-order chi connectivity index (χ0) is 17.8. The summed E-state index contributed by atoms with van der Waals surface area (Å²) in [5.74, 6) is -0.318. The fourth-order valence-corrected chi connectivity index (χ4v) is 2.88. The number of hydrogen-bond donors (Lipinski definition) is 2. The van der Waals surface area contributed by atoms with Gasteiger partial charge in [0.2, 0.25) is 0 Å². The van der Waals surface area contributed by atoms with Gasteiger partial charge in [-0.3, -0.25) is 9.59 Å². The van der Waals surface area contributed by atoms with Gasteiger partial charge in [0, 0.05) is 11.9 Å². The number of H-pyrrole nitrogens is 1. The Balaban J connectivity index is 1.62. The number of nitrogens with one attached hydrogen (secondary N) is 2. The fourth-order valence-electron chi connectivity index (χ4n) is 2.56. The number of carbonyl (C=O) groups excluding carboxylic acids is 1. The molecule has 1 amide bonds. The molecule has 0 saturated carbocycles. The van der Waals surface area contributed by atoms with E-state index in [-0.39, 0.29) is 17.2 Å². The Kier molecular flexibility index (Phi) is 5.36. The van der Waals surface area contributed by atoms with E-state index in [2.05, 4.69) is 15.5 Å². The molecule has 0 aliphatic heterocycles. The molecule has 2 aromatic carbocycles. The Bertz CT molecular complexity index is 985. The van der Waals surface area contributed by atoms with Crippen molar-refractivity contribution in [3.8, 4) is 0 Å². The van der Waals surface area contributed by atoms with Crippen molar-refractivity contribution in [3.05, 3.63) is 74.1 Å². The van der Waals surface area contributed by atoms with E-state index in [4.69, 9.17) is 23.2 Å². The second-order valence-corrected chi connectivity index (χ2v) is 6.37. The number of carbonyl (C=O) groups is 1.